The van der Waals surface area contributed by atoms with Crippen LogP contribution in [-0.4, -0.2) is 11.9 Å². The summed E-state index contributed by atoms with van der Waals surface area (Å²) in [4.78, 5) is 23.8. The van der Waals surface area contributed by atoms with E-state index < -0.39 is 0 Å². The maximum absolute atomic E-state index is 12.0. The van der Waals surface area contributed by atoms with Gasteiger partial charge in [0.25, 0.3) is 0 Å². The molecule has 2 aliphatic carbocycles. The minimum atomic E-state index is -0.374. The summed E-state index contributed by atoms with van der Waals surface area (Å²) in [5.41, 5.74) is 4.71. The second-order valence-corrected chi connectivity index (χ2v) is 9.15. The zero-order valence-corrected chi connectivity index (χ0v) is 20.8. The standard InChI is InChI=1S/C29H40O4/c1-6-7-8-9-10-11-12-13-24-20-26(33-29(31)22(4)5)18-19-27(24)23-14-16-25(17-15-23)32-28(30)21(2)3/h14,16,20H,2,4,6-13,15,17-19H2,1,3,5H3. The van der Waals surface area contributed by atoms with E-state index in [1.54, 1.807) is 13.8 Å². The minimum Gasteiger partial charge on any atom is -0.428 e. The lowest BCUT2D eigenvalue weighted by Gasteiger charge is -2.24. The highest BCUT2D eigenvalue weighted by molar-refractivity contribution is 5.88. The molecule has 2 aliphatic rings. The Labute approximate surface area is 199 Å². The van der Waals surface area contributed by atoms with Crippen molar-refractivity contribution in [3.8, 4) is 0 Å². The summed E-state index contributed by atoms with van der Waals surface area (Å²) in [6.45, 7) is 12.9. The van der Waals surface area contributed by atoms with Crippen molar-refractivity contribution in [2.24, 2.45) is 0 Å². The van der Waals surface area contributed by atoms with E-state index in [9.17, 15) is 9.59 Å². The van der Waals surface area contributed by atoms with Gasteiger partial charge in [-0.1, -0.05) is 64.7 Å². The molecular formula is C29H40O4. The monoisotopic (exact) mass is 452 g/mol. The van der Waals surface area contributed by atoms with Crippen molar-refractivity contribution < 1.29 is 19.1 Å². The van der Waals surface area contributed by atoms with Crippen LogP contribution in [-0.2, 0) is 19.1 Å². The van der Waals surface area contributed by atoms with Crippen LogP contribution in [0.15, 0.2) is 70.8 Å². The lowest BCUT2D eigenvalue weighted by Crippen LogP contribution is -2.11. The first-order valence-corrected chi connectivity index (χ1v) is 12.4. The van der Waals surface area contributed by atoms with Crippen LogP contribution < -0.4 is 0 Å². The number of allylic oxidation sites excluding steroid dienone is 8. The Kier molecular flexibility index (Phi) is 11.2. The molecule has 4 nitrogen and oxygen atoms in total. The molecular weight excluding hydrogens is 412 g/mol. The molecule has 0 saturated carbocycles. The molecule has 0 spiro atoms. The summed E-state index contributed by atoms with van der Waals surface area (Å²) < 4.78 is 11.0. The third kappa shape index (κ3) is 9.03. The average Bonchev–Trinajstić information content (AvgIpc) is 2.79. The van der Waals surface area contributed by atoms with Crippen molar-refractivity contribution in [3.05, 3.63) is 70.8 Å². The van der Waals surface area contributed by atoms with E-state index in [1.807, 2.05) is 6.08 Å². The summed E-state index contributed by atoms with van der Waals surface area (Å²) in [6, 6.07) is 0. The van der Waals surface area contributed by atoms with Gasteiger partial charge in [0.15, 0.2) is 0 Å². The zero-order chi connectivity index (χ0) is 24.2. The highest BCUT2D eigenvalue weighted by atomic mass is 16.5. The summed E-state index contributed by atoms with van der Waals surface area (Å²) in [6.07, 6.45) is 18.9. The molecule has 2 rings (SSSR count). The summed E-state index contributed by atoms with van der Waals surface area (Å²) in [5.74, 6) is 0.682. The van der Waals surface area contributed by atoms with Crippen LogP contribution in [0.4, 0.5) is 0 Å². The average molecular weight is 453 g/mol. The molecule has 0 bridgehead atoms. The van der Waals surface area contributed by atoms with Gasteiger partial charge in [-0.15, -0.1) is 0 Å². The first-order chi connectivity index (χ1) is 15.8. The van der Waals surface area contributed by atoms with Crippen LogP contribution in [0.25, 0.3) is 0 Å². The van der Waals surface area contributed by atoms with Gasteiger partial charge < -0.3 is 9.47 Å². The summed E-state index contributed by atoms with van der Waals surface area (Å²) in [7, 11) is 0. The Morgan fingerprint density at radius 1 is 0.788 bits per heavy atom. The van der Waals surface area contributed by atoms with Gasteiger partial charge in [0.2, 0.25) is 0 Å². The Morgan fingerprint density at radius 3 is 1.94 bits per heavy atom. The molecule has 0 aromatic carbocycles. The number of carbonyl (C=O) groups excluding carboxylic acids is 2. The summed E-state index contributed by atoms with van der Waals surface area (Å²) in [5, 5.41) is 0. The van der Waals surface area contributed by atoms with Crippen molar-refractivity contribution in [3.63, 3.8) is 0 Å². The molecule has 0 saturated heterocycles. The van der Waals surface area contributed by atoms with Crippen LogP contribution >= 0.6 is 0 Å². The van der Waals surface area contributed by atoms with E-state index in [0.29, 0.717) is 29.7 Å². The van der Waals surface area contributed by atoms with E-state index in [-0.39, 0.29) is 11.9 Å². The van der Waals surface area contributed by atoms with Crippen LogP contribution in [0, 0.1) is 0 Å². The van der Waals surface area contributed by atoms with E-state index in [1.165, 1.54) is 55.2 Å². The molecule has 4 heteroatoms. The van der Waals surface area contributed by atoms with E-state index in [2.05, 4.69) is 32.2 Å². The first-order valence-electron chi connectivity index (χ1n) is 12.4. The summed E-state index contributed by atoms with van der Waals surface area (Å²) >= 11 is 0. The number of carbonyl (C=O) groups is 2. The number of unbranched alkanes of at least 4 members (excludes halogenated alkanes) is 6. The van der Waals surface area contributed by atoms with Crippen LogP contribution in [0.3, 0.4) is 0 Å². The number of hydrogen-bond donors (Lipinski definition) is 0. The largest absolute Gasteiger partial charge is 0.428 e. The van der Waals surface area contributed by atoms with Crippen molar-refractivity contribution in [2.75, 3.05) is 0 Å². The number of rotatable bonds is 13. The van der Waals surface area contributed by atoms with E-state index in [0.717, 1.165) is 31.4 Å². The van der Waals surface area contributed by atoms with Crippen molar-refractivity contribution >= 4 is 11.9 Å². The molecule has 0 N–H and O–H groups in total. The van der Waals surface area contributed by atoms with Gasteiger partial charge in [0.05, 0.1) is 0 Å². The Balaban J connectivity index is 2.12. The molecule has 0 aromatic rings. The Hall–Kier alpha value is -2.62. The third-order valence-corrected chi connectivity index (χ3v) is 6.04. The number of ether oxygens (including phenoxy) is 2. The zero-order valence-electron chi connectivity index (χ0n) is 20.8. The fraction of sp³-hybridized carbons (Fsp3) is 0.517. The predicted octanol–water partition coefficient (Wildman–Crippen LogP) is 7.94. The van der Waals surface area contributed by atoms with Gasteiger partial charge in [0.1, 0.15) is 11.5 Å². The predicted molar refractivity (Wildman–Crippen MR) is 134 cm³/mol. The molecule has 0 fully saturated rings. The Bertz CT molecular complexity index is 879. The van der Waals surface area contributed by atoms with Gasteiger partial charge in [-0.2, -0.15) is 0 Å². The maximum Gasteiger partial charge on any atom is 0.338 e. The highest BCUT2D eigenvalue weighted by Gasteiger charge is 2.21. The second kappa shape index (κ2) is 13.8. The SMILES string of the molecule is C=C(C)C(=O)OC1=CC=C(C2=C(CCCCCCCCC)C=C(OC(=O)C(=C)C)CC2)CC1. The van der Waals surface area contributed by atoms with E-state index >= 15 is 0 Å². The quantitative estimate of drug-likeness (QED) is 0.162. The van der Waals surface area contributed by atoms with Gasteiger partial charge in [-0.3, -0.25) is 0 Å². The van der Waals surface area contributed by atoms with Gasteiger partial charge in [-0.25, -0.2) is 9.59 Å². The second-order valence-electron chi connectivity index (χ2n) is 9.15. The minimum absolute atomic E-state index is 0.358. The third-order valence-electron chi connectivity index (χ3n) is 6.04. The molecule has 0 amide bonds. The Morgan fingerprint density at radius 2 is 1.36 bits per heavy atom. The molecule has 0 unspecified atom stereocenters. The fourth-order valence-corrected chi connectivity index (χ4v) is 4.07. The normalized spacial score (nSPS) is 15.9. The number of esters is 2. The van der Waals surface area contributed by atoms with E-state index in [4.69, 9.17) is 9.47 Å². The topological polar surface area (TPSA) is 52.6 Å². The molecule has 0 atom stereocenters. The molecule has 180 valence electrons. The fourth-order valence-electron chi connectivity index (χ4n) is 4.07. The van der Waals surface area contributed by atoms with Crippen molar-refractivity contribution in [2.45, 2.75) is 97.8 Å². The number of hydrogen-bond acceptors (Lipinski definition) is 4. The molecule has 0 heterocycles. The van der Waals surface area contributed by atoms with Crippen molar-refractivity contribution in [1.29, 1.82) is 0 Å². The highest BCUT2D eigenvalue weighted by Crippen LogP contribution is 2.36. The smallest absolute Gasteiger partial charge is 0.338 e. The van der Waals surface area contributed by atoms with Gasteiger partial charge in [0, 0.05) is 24.0 Å². The van der Waals surface area contributed by atoms with Crippen LogP contribution in [0.5, 0.6) is 0 Å². The molecule has 0 aliphatic heterocycles. The molecule has 0 radical (unpaired) electrons. The van der Waals surface area contributed by atoms with Crippen LogP contribution in [0.2, 0.25) is 0 Å². The lowest BCUT2D eigenvalue weighted by atomic mass is 9.84. The van der Waals surface area contributed by atoms with Gasteiger partial charge >= 0.3 is 11.9 Å². The molecule has 0 aromatic heterocycles. The molecule has 33 heavy (non-hydrogen) atoms. The van der Waals surface area contributed by atoms with Crippen molar-refractivity contribution in [1.82, 2.24) is 0 Å². The first kappa shape index (κ1) is 26.6. The van der Waals surface area contributed by atoms with Crippen LogP contribution in [0.1, 0.15) is 97.8 Å². The lowest BCUT2D eigenvalue weighted by molar-refractivity contribution is -0.136. The van der Waals surface area contributed by atoms with Gasteiger partial charge in [-0.05, 0) is 68.4 Å². The maximum atomic E-state index is 12.0.